The van der Waals surface area contributed by atoms with Gasteiger partial charge in [-0.3, -0.25) is 23.9 Å². The molecule has 2 aromatic carbocycles. The Morgan fingerprint density at radius 2 is 1.93 bits per heavy atom. The Labute approximate surface area is 168 Å². The normalized spacial score (nSPS) is 11.1. The van der Waals surface area contributed by atoms with E-state index in [1.165, 1.54) is 13.3 Å². The number of benzene rings is 2. The van der Waals surface area contributed by atoms with Gasteiger partial charge in [0.2, 0.25) is 5.78 Å². The monoisotopic (exact) mass is 407 g/mol. The zero-order valence-corrected chi connectivity index (χ0v) is 15.9. The second kappa shape index (κ2) is 7.36. The number of fused-ring (bicyclic) bond motifs is 3. The first-order valence-electron chi connectivity index (χ1n) is 9.02. The maximum atomic E-state index is 12.3. The number of carbonyl (C=O) groups excluding carboxylic acids is 2. The van der Waals surface area contributed by atoms with Gasteiger partial charge in [-0.05, 0) is 16.8 Å². The summed E-state index contributed by atoms with van der Waals surface area (Å²) in [4.78, 5) is 50.1. The Kier molecular flexibility index (Phi) is 4.71. The number of H-pyrrole nitrogens is 1. The van der Waals surface area contributed by atoms with Crippen molar-refractivity contribution in [2.45, 2.75) is 6.42 Å². The first-order chi connectivity index (χ1) is 14.4. The van der Waals surface area contributed by atoms with Gasteiger partial charge in [-0.25, -0.2) is 4.79 Å². The fourth-order valence-corrected chi connectivity index (χ4v) is 3.34. The van der Waals surface area contributed by atoms with E-state index < -0.39 is 35.2 Å². The lowest BCUT2D eigenvalue weighted by molar-refractivity contribution is -0.141. The van der Waals surface area contributed by atoms with Crippen molar-refractivity contribution in [1.82, 2.24) is 9.55 Å². The highest BCUT2D eigenvalue weighted by molar-refractivity contribution is 6.08. The number of ketones is 1. The topological polar surface area (TPSA) is 137 Å². The van der Waals surface area contributed by atoms with Crippen molar-refractivity contribution in [3.8, 4) is 0 Å². The van der Waals surface area contributed by atoms with Crippen LogP contribution in [0.15, 0.2) is 56.7 Å². The average Bonchev–Trinajstić information content (AvgIpc) is 3.14. The number of carbonyl (C=O) groups is 2. The van der Waals surface area contributed by atoms with Gasteiger partial charge in [0, 0.05) is 18.0 Å². The summed E-state index contributed by atoms with van der Waals surface area (Å²) in [6, 6.07) is 11.4. The summed E-state index contributed by atoms with van der Waals surface area (Å²) < 4.78 is 11.5. The predicted molar refractivity (Wildman–Crippen MR) is 109 cm³/mol. The van der Waals surface area contributed by atoms with Crippen molar-refractivity contribution >= 4 is 39.3 Å². The molecule has 0 atom stereocenters. The lowest BCUT2D eigenvalue weighted by Gasteiger charge is -2.08. The van der Waals surface area contributed by atoms with E-state index in [0.29, 0.717) is 11.1 Å². The molecule has 0 spiro atoms. The van der Waals surface area contributed by atoms with Crippen molar-refractivity contribution in [3.63, 3.8) is 0 Å². The second-order valence-electron chi connectivity index (χ2n) is 6.76. The van der Waals surface area contributed by atoms with Crippen LogP contribution in [0.5, 0.6) is 0 Å². The Morgan fingerprint density at radius 3 is 2.73 bits per heavy atom. The number of nitrogens with one attached hydrogen (secondary N) is 1. The van der Waals surface area contributed by atoms with Gasteiger partial charge in [-0.1, -0.05) is 30.3 Å². The lowest BCUT2D eigenvalue weighted by Crippen LogP contribution is -2.35. The van der Waals surface area contributed by atoms with Gasteiger partial charge in [0.1, 0.15) is 17.0 Å². The molecule has 0 radical (unpaired) electrons. The standard InChI is InChI=1S/C21H17N3O6/c1-24-19(22)18(20(27)23-21(24)28)14(25)10-30-16(26)8-12-9-29-15-7-6-11-4-2-3-5-13(11)17(12)15/h2-7,9H,8,10,22H2,1H3,(H,23,27,28). The fraction of sp³-hybridized carbons (Fsp3) is 0.143. The van der Waals surface area contributed by atoms with E-state index in [4.69, 9.17) is 14.9 Å². The molecule has 0 aliphatic carbocycles. The molecule has 0 saturated carbocycles. The first kappa shape index (κ1) is 19.2. The summed E-state index contributed by atoms with van der Waals surface area (Å²) in [6.45, 7) is -0.680. The van der Waals surface area contributed by atoms with Gasteiger partial charge in [-0.15, -0.1) is 0 Å². The number of hydrogen-bond donors (Lipinski definition) is 2. The molecule has 9 nitrogen and oxygen atoms in total. The molecule has 4 aromatic rings. The average molecular weight is 407 g/mol. The molecular formula is C21H17N3O6. The third kappa shape index (κ3) is 3.26. The number of nitrogen functional groups attached to an aromatic ring is 1. The molecule has 0 saturated heterocycles. The van der Waals surface area contributed by atoms with E-state index in [9.17, 15) is 19.2 Å². The first-order valence-corrected chi connectivity index (χ1v) is 9.02. The van der Waals surface area contributed by atoms with Crippen LogP contribution >= 0.6 is 0 Å². The SMILES string of the molecule is Cn1c(N)c(C(=O)COC(=O)Cc2coc3ccc4ccccc4c23)c(=O)[nH]c1=O. The van der Waals surface area contributed by atoms with Crippen molar-refractivity contribution in [2.75, 3.05) is 12.3 Å². The quantitative estimate of drug-likeness (QED) is 0.378. The molecule has 0 unspecified atom stereocenters. The molecule has 4 rings (SSSR count). The van der Waals surface area contributed by atoms with Gasteiger partial charge < -0.3 is 14.9 Å². The fourth-order valence-electron chi connectivity index (χ4n) is 3.34. The number of nitrogens with zero attached hydrogens (tertiary/aromatic N) is 1. The van der Waals surface area contributed by atoms with Crippen molar-refractivity contribution in [1.29, 1.82) is 0 Å². The van der Waals surface area contributed by atoms with Crippen LogP contribution < -0.4 is 17.0 Å². The number of rotatable bonds is 5. The van der Waals surface area contributed by atoms with E-state index in [2.05, 4.69) is 0 Å². The number of hydrogen-bond acceptors (Lipinski definition) is 7. The zero-order valence-electron chi connectivity index (χ0n) is 15.9. The highest BCUT2D eigenvalue weighted by Gasteiger charge is 2.20. The van der Waals surface area contributed by atoms with Gasteiger partial charge in [-0.2, -0.15) is 0 Å². The van der Waals surface area contributed by atoms with Crippen molar-refractivity contribution in [2.24, 2.45) is 7.05 Å². The minimum Gasteiger partial charge on any atom is -0.464 e. The van der Waals surface area contributed by atoms with E-state index >= 15 is 0 Å². The van der Waals surface area contributed by atoms with E-state index in [1.807, 2.05) is 41.4 Å². The summed E-state index contributed by atoms with van der Waals surface area (Å²) in [6.07, 6.45) is 1.36. The number of aromatic amines is 1. The summed E-state index contributed by atoms with van der Waals surface area (Å²) in [7, 11) is 1.31. The number of aromatic nitrogens is 2. The number of furan rings is 1. The van der Waals surface area contributed by atoms with Crippen LogP contribution in [0.3, 0.4) is 0 Å². The number of esters is 1. The van der Waals surface area contributed by atoms with Crippen LogP contribution in [0.2, 0.25) is 0 Å². The molecule has 2 aromatic heterocycles. The lowest BCUT2D eigenvalue weighted by atomic mass is 10.0. The van der Waals surface area contributed by atoms with Gasteiger partial charge in [0.25, 0.3) is 5.56 Å². The summed E-state index contributed by atoms with van der Waals surface area (Å²) in [5.41, 5.74) is 4.85. The summed E-state index contributed by atoms with van der Waals surface area (Å²) >= 11 is 0. The largest absolute Gasteiger partial charge is 0.464 e. The van der Waals surface area contributed by atoms with Gasteiger partial charge in [0.15, 0.2) is 6.61 Å². The number of Topliss-reactive ketones (excluding diaryl/α,β-unsaturated/α-hetero) is 1. The molecule has 2 heterocycles. The highest BCUT2D eigenvalue weighted by Crippen LogP contribution is 2.30. The Morgan fingerprint density at radius 1 is 1.17 bits per heavy atom. The summed E-state index contributed by atoms with van der Waals surface area (Å²) in [5, 5.41) is 2.74. The van der Waals surface area contributed by atoms with Gasteiger partial charge in [0.05, 0.1) is 12.7 Å². The smallest absolute Gasteiger partial charge is 0.329 e. The summed E-state index contributed by atoms with van der Waals surface area (Å²) in [5.74, 6) is -1.77. The number of anilines is 1. The third-order valence-corrected chi connectivity index (χ3v) is 4.89. The van der Waals surface area contributed by atoms with Crippen molar-refractivity contribution in [3.05, 3.63) is 74.6 Å². The predicted octanol–water partition coefficient (Wildman–Crippen LogP) is 1.52. The van der Waals surface area contributed by atoms with Crippen LogP contribution in [0, 0.1) is 0 Å². The Hall–Kier alpha value is -4.14. The minimum absolute atomic E-state index is 0.118. The second-order valence-corrected chi connectivity index (χ2v) is 6.76. The molecular weight excluding hydrogens is 390 g/mol. The minimum atomic E-state index is -0.927. The maximum Gasteiger partial charge on any atom is 0.329 e. The van der Waals surface area contributed by atoms with Crippen LogP contribution in [0.25, 0.3) is 21.7 Å². The molecule has 9 heteroatoms. The Balaban J connectivity index is 1.53. The molecule has 0 aliphatic heterocycles. The van der Waals surface area contributed by atoms with E-state index in [1.54, 1.807) is 0 Å². The third-order valence-electron chi connectivity index (χ3n) is 4.89. The highest BCUT2D eigenvalue weighted by atomic mass is 16.5. The molecule has 152 valence electrons. The number of nitrogens with two attached hydrogens (primary N) is 1. The zero-order chi connectivity index (χ0) is 21.4. The number of ether oxygens (including phenoxy) is 1. The molecule has 3 N–H and O–H groups in total. The molecule has 0 aliphatic rings. The van der Waals surface area contributed by atoms with E-state index in [-0.39, 0.29) is 12.2 Å². The molecule has 0 bridgehead atoms. The van der Waals surface area contributed by atoms with Gasteiger partial charge >= 0.3 is 11.7 Å². The van der Waals surface area contributed by atoms with Crippen molar-refractivity contribution < 1.29 is 18.7 Å². The molecule has 0 amide bonds. The van der Waals surface area contributed by atoms with Crippen LogP contribution in [-0.2, 0) is 23.0 Å². The molecule has 0 fully saturated rings. The van der Waals surface area contributed by atoms with Crippen LogP contribution in [-0.4, -0.2) is 27.9 Å². The van der Waals surface area contributed by atoms with E-state index in [0.717, 1.165) is 20.7 Å². The Bertz CT molecular complexity index is 1430. The molecule has 30 heavy (non-hydrogen) atoms. The maximum absolute atomic E-state index is 12.3. The van der Waals surface area contributed by atoms with Crippen LogP contribution in [0.4, 0.5) is 5.82 Å². The van der Waals surface area contributed by atoms with Crippen LogP contribution in [0.1, 0.15) is 15.9 Å².